The molecule has 0 saturated heterocycles. The van der Waals surface area contributed by atoms with E-state index in [-0.39, 0.29) is 22.4 Å². The first-order chi connectivity index (χ1) is 13.6. The maximum absolute atomic E-state index is 12.0. The molecule has 0 aliphatic carbocycles. The van der Waals surface area contributed by atoms with Crippen LogP contribution in [-0.4, -0.2) is 22.4 Å². The number of pyridine rings is 1. The van der Waals surface area contributed by atoms with Crippen LogP contribution in [-0.2, 0) is 12.8 Å². The summed E-state index contributed by atoms with van der Waals surface area (Å²) in [6.45, 7) is 10.3. The van der Waals surface area contributed by atoms with E-state index < -0.39 is 10.8 Å². The number of hydrogen-bond donors (Lipinski definition) is 1. The van der Waals surface area contributed by atoms with Gasteiger partial charge in [-0.2, -0.15) is 0 Å². The zero-order chi connectivity index (χ0) is 21.8. The summed E-state index contributed by atoms with van der Waals surface area (Å²) in [5.41, 5.74) is 6.43. The number of amides is 1. The summed E-state index contributed by atoms with van der Waals surface area (Å²) >= 11 is 0. The Labute approximate surface area is 170 Å². The topological polar surface area (TPSA) is 118 Å². The fraction of sp³-hybridized carbons (Fsp3) is 0.429. The Balaban J connectivity index is 2.43. The van der Waals surface area contributed by atoms with Crippen LogP contribution < -0.4 is 15.2 Å². The molecule has 0 atom stereocenters. The third-order valence-corrected chi connectivity index (χ3v) is 4.22. The molecule has 0 fully saturated rings. The Hall–Kier alpha value is -3.16. The molecule has 0 radical (unpaired) electrons. The zero-order valence-corrected chi connectivity index (χ0v) is 17.4. The number of nitro groups is 1. The van der Waals surface area contributed by atoms with Gasteiger partial charge in [0.05, 0.1) is 23.3 Å². The van der Waals surface area contributed by atoms with Crippen molar-refractivity contribution in [2.24, 2.45) is 11.1 Å². The minimum atomic E-state index is -0.793. The highest BCUT2D eigenvalue weighted by molar-refractivity contribution is 5.97. The van der Waals surface area contributed by atoms with E-state index in [2.05, 4.69) is 25.8 Å². The van der Waals surface area contributed by atoms with Crippen LogP contribution in [0.2, 0.25) is 0 Å². The quantitative estimate of drug-likeness (QED) is 0.516. The van der Waals surface area contributed by atoms with Gasteiger partial charge in [-0.15, -0.1) is 0 Å². The van der Waals surface area contributed by atoms with E-state index in [4.69, 9.17) is 15.2 Å². The van der Waals surface area contributed by atoms with Gasteiger partial charge in [-0.25, -0.2) is 4.98 Å². The maximum atomic E-state index is 12.0. The molecule has 8 nitrogen and oxygen atoms in total. The molecule has 1 amide bonds. The summed E-state index contributed by atoms with van der Waals surface area (Å²) in [5, 5.41) is 11.5. The third kappa shape index (κ3) is 5.43. The second kappa shape index (κ2) is 8.89. The number of carbonyl (C=O) groups is 1. The van der Waals surface area contributed by atoms with Crippen molar-refractivity contribution in [3.63, 3.8) is 0 Å². The van der Waals surface area contributed by atoms with Gasteiger partial charge in [0.25, 0.3) is 11.6 Å². The first-order valence-electron chi connectivity index (χ1n) is 9.47. The van der Waals surface area contributed by atoms with E-state index in [1.165, 1.54) is 12.3 Å². The molecular formula is C21H27N3O5. The van der Waals surface area contributed by atoms with Crippen molar-refractivity contribution < 1.29 is 19.2 Å². The second-order valence-corrected chi connectivity index (χ2v) is 7.84. The van der Waals surface area contributed by atoms with Crippen LogP contribution in [0.1, 0.15) is 56.1 Å². The molecule has 2 aromatic rings. The van der Waals surface area contributed by atoms with Gasteiger partial charge in [-0.1, -0.05) is 34.6 Å². The number of benzene rings is 1. The molecule has 0 spiro atoms. The van der Waals surface area contributed by atoms with Crippen molar-refractivity contribution in [2.75, 3.05) is 6.61 Å². The van der Waals surface area contributed by atoms with Gasteiger partial charge < -0.3 is 15.2 Å². The van der Waals surface area contributed by atoms with Crippen molar-refractivity contribution >= 4 is 11.6 Å². The van der Waals surface area contributed by atoms with Crippen molar-refractivity contribution in [1.82, 2.24) is 4.98 Å². The highest BCUT2D eigenvalue weighted by atomic mass is 16.6. The Morgan fingerprint density at radius 3 is 2.31 bits per heavy atom. The molecule has 1 aromatic heterocycles. The molecular weight excluding hydrogens is 374 g/mol. The molecule has 8 heteroatoms. The van der Waals surface area contributed by atoms with Crippen LogP contribution in [0.4, 0.5) is 5.69 Å². The first-order valence-corrected chi connectivity index (χ1v) is 9.47. The average molecular weight is 401 g/mol. The third-order valence-electron chi connectivity index (χ3n) is 4.22. The Bertz CT molecular complexity index is 902. The molecule has 0 saturated carbocycles. The summed E-state index contributed by atoms with van der Waals surface area (Å²) < 4.78 is 11.6. The van der Waals surface area contributed by atoms with Gasteiger partial charge in [0, 0.05) is 23.3 Å². The van der Waals surface area contributed by atoms with Crippen LogP contribution in [0.3, 0.4) is 0 Å². The minimum Gasteiger partial charge on any atom is -0.477 e. The van der Waals surface area contributed by atoms with Crippen molar-refractivity contribution in [3.8, 4) is 17.4 Å². The number of nitrogens with two attached hydrogens (primary N) is 1. The lowest BCUT2D eigenvalue weighted by molar-refractivity contribution is -0.385. The fourth-order valence-electron chi connectivity index (χ4n) is 2.90. The lowest BCUT2D eigenvalue weighted by Crippen LogP contribution is -2.17. The molecule has 0 aliphatic heterocycles. The van der Waals surface area contributed by atoms with Crippen LogP contribution in [0.5, 0.6) is 17.4 Å². The predicted octanol–water partition coefficient (Wildman–Crippen LogP) is 4.43. The second-order valence-electron chi connectivity index (χ2n) is 7.84. The SMILES string of the molecule is CCc1c([N+](=O)[O-])cc(C(N)=O)c(Oc2ccc(OCC(C)(C)C)nc2)c1CC. The van der Waals surface area contributed by atoms with Gasteiger partial charge in [0.15, 0.2) is 0 Å². The molecule has 2 N–H and O–H groups in total. The largest absolute Gasteiger partial charge is 0.477 e. The molecule has 156 valence electrons. The number of carbonyl (C=O) groups excluding carboxylic acids is 1. The van der Waals surface area contributed by atoms with Gasteiger partial charge in [0.1, 0.15) is 11.5 Å². The van der Waals surface area contributed by atoms with Crippen molar-refractivity contribution in [1.29, 1.82) is 0 Å². The first kappa shape index (κ1) is 22.1. The Kier molecular flexibility index (Phi) is 6.79. The van der Waals surface area contributed by atoms with E-state index in [9.17, 15) is 14.9 Å². The normalized spacial score (nSPS) is 11.2. The van der Waals surface area contributed by atoms with Crippen molar-refractivity contribution in [3.05, 3.63) is 51.2 Å². The highest BCUT2D eigenvalue weighted by Crippen LogP contribution is 2.37. The molecule has 2 rings (SSSR count). The zero-order valence-electron chi connectivity index (χ0n) is 17.4. The lowest BCUT2D eigenvalue weighted by Gasteiger charge is -2.19. The Morgan fingerprint density at radius 2 is 1.86 bits per heavy atom. The van der Waals surface area contributed by atoms with E-state index >= 15 is 0 Å². The number of aromatic nitrogens is 1. The van der Waals surface area contributed by atoms with E-state index in [1.54, 1.807) is 12.1 Å². The Morgan fingerprint density at radius 1 is 1.21 bits per heavy atom. The number of ether oxygens (including phenoxy) is 2. The molecule has 0 aliphatic rings. The summed E-state index contributed by atoms with van der Waals surface area (Å²) in [7, 11) is 0. The fourth-order valence-corrected chi connectivity index (χ4v) is 2.90. The lowest BCUT2D eigenvalue weighted by atomic mass is 9.96. The van der Waals surface area contributed by atoms with E-state index in [0.717, 1.165) is 0 Å². The van der Waals surface area contributed by atoms with E-state index in [0.29, 0.717) is 42.2 Å². The summed E-state index contributed by atoms with van der Waals surface area (Å²) in [6.07, 6.45) is 2.35. The van der Waals surface area contributed by atoms with Gasteiger partial charge in [-0.3, -0.25) is 14.9 Å². The van der Waals surface area contributed by atoms with Crippen LogP contribution in [0, 0.1) is 15.5 Å². The molecule has 1 heterocycles. The standard InChI is InChI=1S/C21H27N3O5/c1-6-14-15(7-2)19(16(20(22)25)10-17(14)24(26)27)29-13-8-9-18(23-11-13)28-12-21(3,4)5/h8-11H,6-7,12H2,1-5H3,(H2,22,25). The van der Waals surface area contributed by atoms with Crippen molar-refractivity contribution in [2.45, 2.75) is 47.5 Å². The number of hydrogen-bond acceptors (Lipinski definition) is 6. The summed E-state index contributed by atoms with van der Waals surface area (Å²) in [4.78, 5) is 27.1. The van der Waals surface area contributed by atoms with Gasteiger partial charge in [0.2, 0.25) is 5.88 Å². The average Bonchev–Trinajstić information content (AvgIpc) is 2.65. The number of nitrogens with zero attached hydrogens (tertiary/aromatic N) is 2. The number of primary amides is 1. The number of nitro benzene ring substituents is 1. The monoisotopic (exact) mass is 401 g/mol. The summed E-state index contributed by atoms with van der Waals surface area (Å²) in [6, 6.07) is 4.52. The van der Waals surface area contributed by atoms with E-state index in [1.807, 2.05) is 13.8 Å². The van der Waals surface area contributed by atoms with Crippen LogP contribution in [0.15, 0.2) is 24.4 Å². The highest BCUT2D eigenvalue weighted by Gasteiger charge is 2.26. The molecule has 29 heavy (non-hydrogen) atoms. The van der Waals surface area contributed by atoms with Crippen LogP contribution in [0.25, 0.3) is 0 Å². The molecule has 0 unspecified atom stereocenters. The molecule has 0 bridgehead atoms. The predicted molar refractivity (Wildman–Crippen MR) is 110 cm³/mol. The summed E-state index contributed by atoms with van der Waals surface area (Å²) in [5.74, 6) is 0.267. The minimum absolute atomic E-state index is 0.00141. The van der Waals surface area contributed by atoms with Gasteiger partial charge >= 0.3 is 0 Å². The number of rotatable bonds is 8. The van der Waals surface area contributed by atoms with Gasteiger partial charge in [-0.05, 0) is 24.3 Å². The molecule has 1 aromatic carbocycles. The maximum Gasteiger partial charge on any atom is 0.273 e. The smallest absolute Gasteiger partial charge is 0.273 e. The van der Waals surface area contributed by atoms with Crippen LogP contribution >= 0.6 is 0 Å².